The van der Waals surface area contributed by atoms with Crippen LogP contribution >= 0.6 is 11.3 Å². The van der Waals surface area contributed by atoms with Crippen molar-refractivity contribution in [2.45, 2.75) is 45.1 Å². The number of rotatable bonds is 4. The molecule has 0 radical (unpaired) electrons. The summed E-state index contributed by atoms with van der Waals surface area (Å²) in [5.41, 5.74) is 1.26. The maximum absolute atomic E-state index is 11.5. The second-order valence-corrected chi connectivity index (χ2v) is 6.85. The van der Waals surface area contributed by atoms with E-state index in [-0.39, 0.29) is 5.91 Å². The Morgan fingerprint density at radius 2 is 2.33 bits per heavy atom. The van der Waals surface area contributed by atoms with Crippen molar-refractivity contribution in [2.24, 2.45) is 0 Å². The zero-order valence-corrected chi connectivity index (χ0v) is 13.5. The van der Waals surface area contributed by atoms with Gasteiger partial charge in [0.25, 0.3) is 0 Å². The third-order valence-electron chi connectivity index (χ3n) is 4.17. The minimum Gasteiger partial charge on any atom is -0.354 e. The first-order valence-electron chi connectivity index (χ1n) is 8.02. The molecular weight excluding hydrogens is 284 g/mol. The number of aromatic nitrogens is 1. The number of nitrogens with zero attached hydrogens (tertiary/aromatic N) is 2. The maximum Gasteiger partial charge on any atom is 0.221 e. The molecule has 2 aliphatic rings. The molecule has 1 saturated heterocycles. The van der Waals surface area contributed by atoms with Crippen LogP contribution in [0.25, 0.3) is 0 Å². The average molecular weight is 308 g/mol. The van der Waals surface area contributed by atoms with E-state index in [1.807, 2.05) is 11.3 Å². The van der Waals surface area contributed by atoms with E-state index in [0.29, 0.717) is 12.5 Å². The molecule has 1 unspecified atom stereocenters. The van der Waals surface area contributed by atoms with E-state index in [9.17, 15) is 4.79 Å². The van der Waals surface area contributed by atoms with Gasteiger partial charge in [-0.2, -0.15) is 0 Å². The molecule has 2 N–H and O–H groups in total. The molecule has 116 valence electrons. The molecule has 0 bridgehead atoms. The van der Waals surface area contributed by atoms with Gasteiger partial charge in [-0.3, -0.25) is 4.79 Å². The van der Waals surface area contributed by atoms with Crippen molar-refractivity contribution in [3.05, 3.63) is 10.6 Å². The average Bonchev–Trinajstić information content (AvgIpc) is 2.81. The zero-order valence-electron chi connectivity index (χ0n) is 12.7. The van der Waals surface area contributed by atoms with Gasteiger partial charge < -0.3 is 15.5 Å². The SMILES string of the molecule is CCCNC1CCCc2sc(N3CCNC(=O)CC3)nc21. The van der Waals surface area contributed by atoms with E-state index in [4.69, 9.17) is 4.98 Å². The lowest BCUT2D eigenvalue weighted by Gasteiger charge is -2.22. The highest BCUT2D eigenvalue weighted by Crippen LogP contribution is 2.36. The molecule has 6 heteroatoms. The molecule has 3 rings (SSSR count). The first-order valence-corrected chi connectivity index (χ1v) is 8.84. The fourth-order valence-corrected chi connectivity index (χ4v) is 4.23. The maximum atomic E-state index is 11.5. The summed E-state index contributed by atoms with van der Waals surface area (Å²) in [4.78, 5) is 20.1. The number of amides is 1. The molecule has 21 heavy (non-hydrogen) atoms. The smallest absolute Gasteiger partial charge is 0.221 e. The van der Waals surface area contributed by atoms with Gasteiger partial charge in [-0.25, -0.2) is 4.98 Å². The third-order valence-corrected chi connectivity index (χ3v) is 5.36. The molecule has 1 aliphatic heterocycles. The molecule has 1 aromatic rings. The van der Waals surface area contributed by atoms with Crippen molar-refractivity contribution in [1.29, 1.82) is 0 Å². The van der Waals surface area contributed by atoms with Crippen LogP contribution in [0.15, 0.2) is 0 Å². The van der Waals surface area contributed by atoms with Crippen LogP contribution < -0.4 is 15.5 Å². The topological polar surface area (TPSA) is 57.3 Å². The number of anilines is 1. The first kappa shape index (κ1) is 14.8. The van der Waals surface area contributed by atoms with Crippen molar-refractivity contribution >= 4 is 22.4 Å². The molecule has 1 aliphatic carbocycles. The number of hydrogen-bond acceptors (Lipinski definition) is 5. The Hall–Kier alpha value is -1.14. The van der Waals surface area contributed by atoms with E-state index in [1.165, 1.54) is 23.4 Å². The van der Waals surface area contributed by atoms with Crippen LogP contribution in [-0.2, 0) is 11.2 Å². The second kappa shape index (κ2) is 6.75. The highest BCUT2D eigenvalue weighted by atomic mass is 32.1. The first-order chi connectivity index (χ1) is 10.3. The lowest BCUT2D eigenvalue weighted by molar-refractivity contribution is -0.120. The standard InChI is InChI=1S/C15H24N4OS/c1-2-7-16-11-4-3-5-12-14(11)18-15(21-12)19-9-6-13(20)17-8-10-19/h11,16H,2-10H2,1H3,(H,17,20). The summed E-state index contributed by atoms with van der Waals surface area (Å²) in [5.74, 6) is 0.154. The quantitative estimate of drug-likeness (QED) is 0.891. The Morgan fingerprint density at radius 1 is 1.43 bits per heavy atom. The summed E-state index contributed by atoms with van der Waals surface area (Å²) in [7, 11) is 0. The Labute approximate surface area is 130 Å². The fraction of sp³-hybridized carbons (Fsp3) is 0.733. The molecule has 0 aromatic carbocycles. The van der Waals surface area contributed by atoms with Gasteiger partial charge in [0.05, 0.1) is 11.7 Å². The number of fused-ring (bicyclic) bond motifs is 1. The molecule has 0 saturated carbocycles. The molecular formula is C15H24N4OS. The fourth-order valence-electron chi connectivity index (χ4n) is 3.02. The van der Waals surface area contributed by atoms with E-state index in [1.54, 1.807) is 0 Å². The molecule has 1 amide bonds. The second-order valence-electron chi connectivity index (χ2n) is 5.79. The Balaban J connectivity index is 1.75. The number of nitrogens with one attached hydrogen (secondary N) is 2. The van der Waals surface area contributed by atoms with E-state index < -0.39 is 0 Å². The highest BCUT2D eigenvalue weighted by Gasteiger charge is 2.26. The predicted octanol–water partition coefficient (Wildman–Crippen LogP) is 1.85. The molecule has 5 nitrogen and oxygen atoms in total. The summed E-state index contributed by atoms with van der Waals surface area (Å²) < 4.78 is 0. The molecule has 0 spiro atoms. The number of carbonyl (C=O) groups is 1. The van der Waals surface area contributed by atoms with Crippen molar-refractivity contribution in [1.82, 2.24) is 15.6 Å². The minimum atomic E-state index is 0.154. The van der Waals surface area contributed by atoms with E-state index in [0.717, 1.165) is 44.2 Å². The third kappa shape index (κ3) is 3.37. The van der Waals surface area contributed by atoms with Gasteiger partial charge in [0.1, 0.15) is 0 Å². The van der Waals surface area contributed by atoms with Gasteiger partial charge in [0, 0.05) is 30.9 Å². The Bertz CT molecular complexity index is 502. The molecule has 1 atom stereocenters. The van der Waals surface area contributed by atoms with Crippen LogP contribution in [-0.4, -0.2) is 37.1 Å². The van der Waals surface area contributed by atoms with Gasteiger partial charge in [0.15, 0.2) is 5.13 Å². The van der Waals surface area contributed by atoms with Gasteiger partial charge >= 0.3 is 0 Å². The van der Waals surface area contributed by atoms with E-state index in [2.05, 4.69) is 22.5 Å². The van der Waals surface area contributed by atoms with Crippen LogP contribution in [0.2, 0.25) is 0 Å². The minimum absolute atomic E-state index is 0.154. The summed E-state index contributed by atoms with van der Waals surface area (Å²) in [6, 6.07) is 0.422. The summed E-state index contributed by atoms with van der Waals surface area (Å²) in [5, 5.41) is 7.65. The van der Waals surface area contributed by atoms with Gasteiger partial charge in [0.2, 0.25) is 5.91 Å². The molecule has 1 fully saturated rings. The molecule has 2 heterocycles. The lowest BCUT2D eigenvalue weighted by atomic mass is 9.97. The van der Waals surface area contributed by atoms with Crippen LogP contribution in [0.1, 0.15) is 49.2 Å². The normalized spacial score (nSPS) is 22.6. The van der Waals surface area contributed by atoms with Gasteiger partial charge in [-0.1, -0.05) is 6.92 Å². The van der Waals surface area contributed by atoms with Crippen molar-refractivity contribution < 1.29 is 4.79 Å². The zero-order chi connectivity index (χ0) is 14.7. The largest absolute Gasteiger partial charge is 0.354 e. The summed E-state index contributed by atoms with van der Waals surface area (Å²) in [6.45, 7) is 5.63. The van der Waals surface area contributed by atoms with Crippen LogP contribution in [0.3, 0.4) is 0 Å². The Morgan fingerprint density at radius 3 is 3.19 bits per heavy atom. The highest BCUT2D eigenvalue weighted by molar-refractivity contribution is 7.15. The van der Waals surface area contributed by atoms with Gasteiger partial charge in [-0.05, 0) is 32.2 Å². The number of aryl methyl sites for hydroxylation is 1. The number of hydrogen-bond donors (Lipinski definition) is 2. The summed E-state index contributed by atoms with van der Waals surface area (Å²) in [6.07, 6.45) is 5.32. The number of carbonyl (C=O) groups excluding carboxylic acids is 1. The molecule has 1 aromatic heterocycles. The van der Waals surface area contributed by atoms with E-state index >= 15 is 0 Å². The van der Waals surface area contributed by atoms with Crippen LogP contribution in [0, 0.1) is 0 Å². The lowest BCUT2D eigenvalue weighted by Crippen LogP contribution is -2.28. The monoisotopic (exact) mass is 308 g/mol. The van der Waals surface area contributed by atoms with Crippen molar-refractivity contribution in [3.8, 4) is 0 Å². The van der Waals surface area contributed by atoms with Crippen molar-refractivity contribution in [3.63, 3.8) is 0 Å². The van der Waals surface area contributed by atoms with Crippen LogP contribution in [0.5, 0.6) is 0 Å². The Kier molecular flexibility index (Phi) is 4.75. The van der Waals surface area contributed by atoms with Crippen LogP contribution in [0.4, 0.5) is 5.13 Å². The number of thiazole rings is 1. The summed E-state index contributed by atoms with van der Waals surface area (Å²) >= 11 is 1.83. The predicted molar refractivity (Wildman–Crippen MR) is 85.9 cm³/mol. The van der Waals surface area contributed by atoms with Gasteiger partial charge in [-0.15, -0.1) is 11.3 Å². The van der Waals surface area contributed by atoms with Crippen molar-refractivity contribution in [2.75, 3.05) is 31.1 Å².